The van der Waals surface area contributed by atoms with Gasteiger partial charge in [0.25, 0.3) is 5.56 Å². The van der Waals surface area contributed by atoms with Gasteiger partial charge < -0.3 is 5.11 Å². The van der Waals surface area contributed by atoms with E-state index in [-0.39, 0.29) is 18.0 Å². The molecular formula is C26H20N4O2. The molecule has 0 aliphatic heterocycles. The highest BCUT2D eigenvalue weighted by Crippen LogP contribution is 2.24. The van der Waals surface area contributed by atoms with Gasteiger partial charge in [-0.25, -0.2) is 0 Å². The van der Waals surface area contributed by atoms with Crippen LogP contribution < -0.4 is 5.56 Å². The summed E-state index contributed by atoms with van der Waals surface area (Å²) in [4.78, 5) is 21.3. The summed E-state index contributed by atoms with van der Waals surface area (Å²) < 4.78 is 1.17. The number of hydrogen-bond acceptors (Lipinski definition) is 5. The van der Waals surface area contributed by atoms with Gasteiger partial charge in [0, 0.05) is 18.6 Å². The third-order valence-corrected chi connectivity index (χ3v) is 5.23. The van der Waals surface area contributed by atoms with E-state index in [0.717, 1.165) is 16.7 Å². The minimum Gasteiger partial charge on any atom is -0.494 e. The van der Waals surface area contributed by atoms with Gasteiger partial charge in [0.2, 0.25) is 5.88 Å². The number of pyridine rings is 2. The van der Waals surface area contributed by atoms with Crippen LogP contribution in [0.2, 0.25) is 0 Å². The summed E-state index contributed by atoms with van der Waals surface area (Å²) >= 11 is 0. The fraction of sp³-hybridized carbons (Fsp3) is 0.0769. The highest BCUT2D eigenvalue weighted by Gasteiger charge is 2.18. The Morgan fingerprint density at radius 1 is 1.06 bits per heavy atom. The van der Waals surface area contributed by atoms with Crippen LogP contribution in [0, 0.1) is 18.3 Å². The Hall–Kier alpha value is -4.50. The summed E-state index contributed by atoms with van der Waals surface area (Å²) in [6.45, 7) is 1.73. The van der Waals surface area contributed by atoms with E-state index in [2.05, 4.69) is 9.98 Å². The maximum Gasteiger partial charge on any atom is 0.271 e. The van der Waals surface area contributed by atoms with Crippen molar-refractivity contribution in [2.75, 3.05) is 0 Å². The Bertz CT molecular complexity index is 1370. The molecule has 0 amide bonds. The van der Waals surface area contributed by atoms with Gasteiger partial charge in [-0.15, -0.1) is 0 Å². The number of benzene rings is 2. The van der Waals surface area contributed by atoms with Crippen LogP contribution in [0.5, 0.6) is 5.88 Å². The topological polar surface area (TPSA) is 91.3 Å². The lowest BCUT2D eigenvalue weighted by Crippen LogP contribution is -2.26. The molecule has 0 aliphatic rings. The molecule has 156 valence electrons. The molecule has 6 nitrogen and oxygen atoms in total. The zero-order valence-corrected chi connectivity index (χ0v) is 17.4. The number of hydrogen-bond donors (Lipinski definition) is 1. The van der Waals surface area contributed by atoms with E-state index < -0.39 is 5.56 Å². The van der Waals surface area contributed by atoms with Crippen molar-refractivity contribution in [3.63, 3.8) is 0 Å². The lowest BCUT2D eigenvalue weighted by atomic mass is 10.1. The van der Waals surface area contributed by atoms with E-state index in [1.807, 2.05) is 60.7 Å². The fourth-order valence-corrected chi connectivity index (χ4v) is 3.46. The quantitative estimate of drug-likeness (QED) is 0.478. The first-order valence-electron chi connectivity index (χ1n) is 10.0. The zero-order valence-electron chi connectivity index (χ0n) is 17.4. The van der Waals surface area contributed by atoms with Crippen molar-refractivity contribution < 1.29 is 5.11 Å². The standard InChI is InChI=1S/C26H20N4O2/c1-18-23(14-27)25(31)30(17-19-6-5-13-28-15-19)26(32)24(18)16-29-22-11-9-21(10-12-22)20-7-3-2-4-8-20/h2-13,15-16,32H,17H2,1H3. The first-order chi connectivity index (χ1) is 15.6. The van der Waals surface area contributed by atoms with Gasteiger partial charge in [0.1, 0.15) is 11.6 Å². The predicted molar refractivity (Wildman–Crippen MR) is 124 cm³/mol. The first-order valence-corrected chi connectivity index (χ1v) is 10.0. The third-order valence-electron chi connectivity index (χ3n) is 5.23. The van der Waals surface area contributed by atoms with Gasteiger partial charge in [-0.1, -0.05) is 48.5 Å². The number of rotatable bonds is 5. The minimum atomic E-state index is -0.546. The lowest BCUT2D eigenvalue weighted by molar-refractivity contribution is 0.413. The van der Waals surface area contributed by atoms with Gasteiger partial charge in [-0.2, -0.15) is 5.26 Å². The molecule has 0 atom stereocenters. The minimum absolute atomic E-state index is 0.0208. The predicted octanol–water partition coefficient (Wildman–Crippen LogP) is 4.59. The monoisotopic (exact) mass is 420 g/mol. The molecule has 0 radical (unpaired) electrons. The van der Waals surface area contributed by atoms with Crippen LogP contribution in [-0.2, 0) is 6.54 Å². The van der Waals surface area contributed by atoms with Crippen molar-refractivity contribution in [3.8, 4) is 23.1 Å². The number of aromatic hydroxyl groups is 1. The molecule has 4 aromatic rings. The van der Waals surface area contributed by atoms with Crippen LogP contribution in [-0.4, -0.2) is 20.9 Å². The van der Waals surface area contributed by atoms with Crippen LogP contribution in [0.25, 0.3) is 11.1 Å². The van der Waals surface area contributed by atoms with Crippen molar-refractivity contribution in [2.45, 2.75) is 13.5 Å². The Morgan fingerprint density at radius 3 is 2.44 bits per heavy atom. The third kappa shape index (κ3) is 4.18. The molecule has 0 saturated heterocycles. The molecule has 0 unspecified atom stereocenters. The molecule has 0 fully saturated rings. The Morgan fingerprint density at radius 2 is 1.78 bits per heavy atom. The smallest absolute Gasteiger partial charge is 0.271 e. The molecule has 0 bridgehead atoms. The number of nitrogens with zero attached hydrogens (tertiary/aromatic N) is 4. The molecule has 0 saturated carbocycles. The summed E-state index contributed by atoms with van der Waals surface area (Å²) in [5.41, 5.74) is 3.75. The van der Waals surface area contributed by atoms with Gasteiger partial charge in [0.15, 0.2) is 0 Å². The Labute approximate surface area is 185 Å². The van der Waals surface area contributed by atoms with Gasteiger partial charge in [0.05, 0.1) is 17.8 Å². The van der Waals surface area contributed by atoms with Crippen LogP contribution in [0.15, 0.2) is 88.9 Å². The molecule has 4 rings (SSSR count). The van der Waals surface area contributed by atoms with Crippen LogP contribution in [0.1, 0.15) is 22.3 Å². The van der Waals surface area contributed by atoms with Crippen LogP contribution in [0.4, 0.5) is 5.69 Å². The first kappa shape index (κ1) is 20.8. The van der Waals surface area contributed by atoms with Gasteiger partial charge in [-0.05, 0) is 47.4 Å². The molecule has 2 aromatic carbocycles. The number of aromatic nitrogens is 2. The molecule has 6 heteroatoms. The number of nitriles is 1. The zero-order chi connectivity index (χ0) is 22.5. The second-order valence-corrected chi connectivity index (χ2v) is 7.27. The van der Waals surface area contributed by atoms with Crippen LogP contribution in [0.3, 0.4) is 0 Å². The Balaban J connectivity index is 1.70. The molecule has 1 N–H and O–H groups in total. The average molecular weight is 420 g/mol. The van der Waals surface area contributed by atoms with E-state index in [1.54, 1.807) is 31.5 Å². The van der Waals surface area contributed by atoms with Gasteiger partial charge in [-0.3, -0.25) is 19.3 Å². The number of aliphatic imine (C=N–C) groups is 1. The van der Waals surface area contributed by atoms with E-state index in [0.29, 0.717) is 16.8 Å². The van der Waals surface area contributed by atoms with E-state index in [1.165, 1.54) is 10.8 Å². The van der Waals surface area contributed by atoms with Crippen molar-refractivity contribution in [1.29, 1.82) is 5.26 Å². The second-order valence-electron chi connectivity index (χ2n) is 7.27. The summed E-state index contributed by atoms with van der Waals surface area (Å²) in [6, 6.07) is 23.2. The van der Waals surface area contributed by atoms with E-state index >= 15 is 0 Å². The van der Waals surface area contributed by atoms with Crippen molar-refractivity contribution in [3.05, 3.63) is 112 Å². The maximum absolute atomic E-state index is 12.8. The summed E-state index contributed by atoms with van der Waals surface area (Å²) in [6.07, 6.45) is 4.73. The van der Waals surface area contributed by atoms with Crippen LogP contribution >= 0.6 is 0 Å². The largest absolute Gasteiger partial charge is 0.494 e. The van der Waals surface area contributed by atoms with E-state index in [9.17, 15) is 15.2 Å². The van der Waals surface area contributed by atoms with E-state index in [4.69, 9.17) is 0 Å². The van der Waals surface area contributed by atoms with Crippen molar-refractivity contribution >= 4 is 11.9 Å². The molecule has 0 spiro atoms. The molecule has 32 heavy (non-hydrogen) atoms. The van der Waals surface area contributed by atoms with Crippen molar-refractivity contribution in [2.24, 2.45) is 4.99 Å². The molecule has 2 heterocycles. The normalized spacial score (nSPS) is 10.9. The highest BCUT2D eigenvalue weighted by molar-refractivity contribution is 5.87. The van der Waals surface area contributed by atoms with Gasteiger partial charge >= 0.3 is 0 Å². The molecular weight excluding hydrogens is 400 g/mol. The summed E-state index contributed by atoms with van der Waals surface area (Å²) in [5.74, 6) is -0.236. The fourth-order valence-electron chi connectivity index (χ4n) is 3.46. The maximum atomic E-state index is 12.8. The van der Waals surface area contributed by atoms with Crippen molar-refractivity contribution in [1.82, 2.24) is 9.55 Å². The summed E-state index contributed by atoms with van der Waals surface area (Å²) in [5, 5.41) is 20.4. The lowest BCUT2D eigenvalue weighted by Gasteiger charge is -2.14. The SMILES string of the molecule is Cc1c(C=Nc2ccc(-c3ccccc3)cc2)c(O)n(Cc2cccnc2)c(=O)c1C#N. The highest BCUT2D eigenvalue weighted by atomic mass is 16.3. The summed E-state index contributed by atoms with van der Waals surface area (Å²) in [7, 11) is 0. The molecule has 0 aliphatic carbocycles. The Kier molecular flexibility index (Phi) is 5.91. The average Bonchev–Trinajstić information content (AvgIpc) is 2.84. The molecule has 2 aromatic heterocycles. The second kappa shape index (κ2) is 9.11.